The summed E-state index contributed by atoms with van der Waals surface area (Å²) >= 11 is 6.28. The highest BCUT2D eigenvalue weighted by Crippen LogP contribution is 2.25. The second-order valence-electron chi connectivity index (χ2n) is 7.64. The van der Waals surface area contributed by atoms with E-state index in [0.29, 0.717) is 0 Å². The zero-order valence-electron chi connectivity index (χ0n) is 17.1. The van der Waals surface area contributed by atoms with Gasteiger partial charge in [-0.1, -0.05) is 30.7 Å². The smallest absolute Gasteiger partial charge is 0.317 e. The van der Waals surface area contributed by atoms with Crippen LogP contribution in [0.15, 0.2) is 24.3 Å². The molecule has 0 radical (unpaired) electrons. The van der Waals surface area contributed by atoms with Crippen molar-refractivity contribution in [1.82, 2.24) is 20.0 Å². The van der Waals surface area contributed by atoms with Crippen molar-refractivity contribution in [3.63, 3.8) is 0 Å². The van der Waals surface area contributed by atoms with Crippen molar-refractivity contribution in [2.24, 2.45) is 0 Å². The van der Waals surface area contributed by atoms with Crippen LogP contribution in [0.3, 0.4) is 0 Å². The zero-order chi connectivity index (χ0) is 19.8. The Morgan fingerprint density at radius 2 is 1.64 bits per heavy atom. The number of hydrogen-bond donors (Lipinski definition) is 1. The fraction of sp³-hybridized carbons (Fsp3) is 0.667. The van der Waals surface area contributed by atoms with Crippen molar-refractivity contribution >= 4 is 23.3 Å². The van der Waals surface area contributed by atoms with E-state index in [0.717, 1.165) is 69.4 Å². The number of amides is 2. The molecule has 0 unspecified atom stereocenters. The van der Waals surface area contributed by atoms with E-state index in [2.05, 4.69) is 26.9 Å². The Morgan fingerprint density at radius 1 is 0.964 bits per heavy atom. The van der Waals surface area contributed by atoms with Crippen LogP contribution in [0.5, 0.6) is 0 Å². The Hall–Kier alpha value is -1.50. The fourth-order valence-corrected chi connectivity index (χ4v) is 4.21. The van der Waals surface area contributed by atoms with Gasteiger partial charge in [-0.25, -0.2) is 4.79 Å². The topological polar surface area (TPSA) is 42.1 Å². The molecule has 0 saturated carbocycles. The van der Waals surface area contributed by atoms with E-state index in [1.165, 1.54) is 26.2 Å². The van der Waals surface area contributed by atoms with Crippen molar-refractivity contribution in [1.29, 1.82) is 0 Å². The summed E-state index contributed by atoms with van der Waals surface area (Å²) in [6.07, 6.45) is 2.19. The van der Waals surface area contributed by atoms with Gasteiger partial charge in [-0.15, -0.1) is 0 Å². The van der Waals surface area contributed by atoms with Gasteiger partial charge in [0.25, 0.3) is 0 Å². The molecule has 2 heterocycles. The summed E-state index contributed by atoms with van der Waals surface area (Å²) in [7, 11) is 0. The highest BCUT2D eigenvalue weighted by Gasteiger charge is 2.22. The van der Waals surface area contributed by atoms with Crippen LogP contribution in [0.4, 0.5) is 10.5 Å². The molecule has 2 aliphatic rings. The number of hydrogen-bond acceptors (Lipinski definition) is 4. The van der Waals surface area contributed by atoms with Gasteiger partial charge in [-0.2, -0.15) is 0 Å². The van der Waals surface area contributed by atoms with Crippen molar-refractivity contribution in [2.75, 3.05) is 76.9 Å². The first-order valence-corrected chi connectivity index (χ1v) is 11.0. The van der Waals surface area contributed by atoms with Gasteiger partial charge in [-0.05, 0) is 38.1 Å². The molecule has 1 N–H and O–H groups in total. The van der Waals surface area contributed by atoms with E-state index >= 15 is 0 Å². The van der Waals surface area contributed by atoms with Gasteiger partial charge in [0.05, 0.1) is 10.7 Å². The van der Waals surface area contributed by atoms with E-state index < -0.39 is 0 Å². The number of piperazine rings is 2. The first-order valence-electron chi connectivity index (χ1n) is 10.6. The number of likely N-dealkylation sites (N-methyl/N-ethyl adjacent to an activating group) is 1. The molecule has 156 valence electrons. The summed E-state index contributed by atoms with van der Waals surface area (Å²) < 4.78 is 0. The highest BCUT2D eigenvalue weighted by atomic mass is 35.5. The monoisotopic (exact) mass is 407 g/mol. The summed E-state index contributed by atoms with van der Waals surface area (Å²) in [6, 6.07) is 7.97. The zero-order valence-corrected chi connectivity index (χ0v) is 17.8. The van der Waals surface area contributed by atoms with E-state index in [4.69, 9.17) is 11.6 Å². The number of unbranched alkanes of at least 4 members (excludes halogenated alkanes) is 1. The largest absolute Gasteiger partial charge is 0.367 e. The van der Waals surface area contributed by atoms with Gasteiger partial charge in [0.1, 0.15) is 0 Å². The van der Waals surface area contributed by atoms with Crippen LogP contribution in [0, 0.1) is 0 Å². The number of rotatable bonds is 7. The Morgan fingerprint density at radius 3 is 2.32 bits per heavy atom. The Labute approximate surface area is 174 Å². The Balaban J connectivity index is 1.27. The van der Waals surface area contributed by atoms with Crippen LogP contribution in [0.25, 0.3) is 0 Å². The Bertz CT molecular complexity index is 613. The molecule has 28 heavy (non-hydrogen) atoms. The molecule has 0 aromatic heterocycles. The number of benzene rings is 1. The predicted molar refractivity (Wildman–Crippen MR) is 116 cm³/mol. The molecule has 2 aliphatic heterocycles. The van der Waals surface area contributed by atoms with Crippen LogP contribution < -0.4 is 10.2 Å². The lowest BCUT2D eigenvalue weighted by atomic mass is 10.2. The van der Waals surface area contributed by atoms with Crippen molar-refractivity contribution in [2.45, 2.75) is 19.8 Å². The van der Waals surface area contributed by atoms with Gasteiger partial charge >= 0.3 is 6.03 Å². The minimum Gasteiger partial charge on any atom is -0.367 e. The molecule has 0 atom stereocenters. The average molecular weight is 408 g/mol. The third-order valence-corrected chi connectivity index (χ3v) is 6.17. The lowest BCUT2D eigenvalue weighted by molar-refractivity contribution is 0.135. The maximum absolute atomic E-state index is 12.4. The standard InChI is InChI=1S/C21H34ClN5O/c1-2-24-11-13-25(14-12-24)10-6-5-9-23-21(28)27-17-15-26(16-18-27)20-8-4-3-7-19(20)22/h3-4,7-8H,2,5-6,9-18H2,1H3,(H,23,28). The third kappa shape index (κ3) is 6.00. The normalized spacial score (nSPS) is 19.1. The second kappa shape index (κ2) is 10.9. The fourth-order valence-electron chi connectivity index (χ4n) is 3.96. The summed E-state index contributed by atoms with van der Waals surface area (Å²) in [5.74, 6) is 0. The van der Waals surface area contributed by atoms with Crippen LogP contribution in [-0.2, 0) is 0 Å². The third-order valence-electron chi connectivity index (χ3n) is 5.85. The molecule has 2 amide bonds. The second-order valence-corrected chi connectivity index (χ2v) is 8.05. The minimum absolute atomic E-state index is 0.0652. The highest BCUT2D eigenvalue weighted by molar-refractivity contribution is 6.33. The number of para-hydroxylation sites is 1. The van der Waals surface area contributed by atoms with Crippen LogP contribution in [-0.4, -0.2) is 92.7 Å². The van der Waals surface area contributed by atoms with E-state index in [1.54, 1.807) is 0 Å². The summed E-state index contributed by atoms with van der Waals surface area (Å²) in [5, 5.41) is 3.86. The van der Waals surface area contributed by atoms with Gasteiger partial charge in [-0.3, -0.25) is 0 Å². The summed E-state index contributed by atoms with van der Waals surface area (Å²) in [4.78, 5) is 21.6. The molecule has 0 aliphatic carbocycles. The maximum atomic E-state index is 12.4. The number of halogens is 1. The van der Waals surface area contributed by atoms with Gasteiger partial charge in [0.15, 0.2) is 0 Å². The Kier molecular flexibility index (Phi) is 8.25. The van der Waals surface area contributed by atoms with E-state index in [1.807, 2.05) is 29.2 Å². The molecular formula is C21H34ClN5O. The number of nitrogens with one attached hydrogen (secondary N) is 1. The molecule has 0 spiro atoms. The van der Waals surface area contributed by atoms with Gasteiger partial charge in [0, 0.05) is 58.9 Å². The molecular weight excluding hydrogens is 374 g/mol. The van der Waals surface area contributed by atoms with E-state index in [9.17, 15) is 4.79 Å². The minimum atomic E-state index is 0.0652. The van der Waals surface area contributed by atoms with Crippen molar-refractivity contribution in [3.05, 3.63) is 29.3 Å². The molecule has 6 nitrogen and oxygen atoms in total. The number of anilines is 1. The van der Waals surface area contributed by atoms with E-state index in [-0.39, 0.29) is 6.03 Å². The maximum Gasteiger partial charge on any atom is 0.317 e. The number of nitrogens with zero attached hydrogens (tertiary/aromatic N) is 4. The molecule has 2 fully saturated rings. The lowest BCUT2D eigenvalue weighted by Crippen LogP contribution is -2.52. The molecule has 1 aromatic rings. The molecule has 1 aromatic carbocycles. The first kappa shape index (κ1) is 21.2. The molecule has 2 saturated heterocycles. The molecule has 0 bridgehead atoms. The molecule has 3 rings (SSSR count). The summed E-state index contributed by atoms with van der Waals surface area (Å²) in [5.41, 5.74) is 1.06. The van der Waals surface area contributed by atoms with Crippen molar-refractivity contribution < 1.29 is 4.79 Å². The number of carbonyl (C=O) groups is 1. The van der Waals surface area contributed by atoms with Gasteiger partial charge < -0.3 is 24.9 Å². The van der Waals surface area contributed by atoms with Gasteiger partial charge in [0.2, 0.25) is 0 Å². The van der Waals surface area contributed by atoms with Crippen LogP contribution in [0.1, 0.15) is 19.8 Å². The number of urea groups is 1. The molecule has 7 heteroatoms. The average Bonchev–Trinajstić information content (AvgIpc) is 2.74. The first-order chi connectivity index (χ1) is 13.7. The SMILES string of the molecule is CCN1CCN(CCCCNC(=O)N2CCN(c3ccccc3Cl)CC2)CC1. The van der Waals surface area contributed by atoms with Crippen LogP contribution in [0.2, 0.25) is 5.02 Å². The number of carbonyl (C=O) groups excluding carboxylic acids is 1. The summed E-state index contributed by atoms with van der Waals surface area (Å²) in [6.45, 7) is 13.1. The van der Waals surface area contributed by atoms with Crippen LogP contribution >= 0.6 is 11.6 Å². The predicted octanol–water partition coefficient (Wildman–Crippen LogP) is 2.59. The lowest BCUT2D eigenvalue weighted by Gasteiger charge is -2.36. The quantitative estimate of drug-likeness (QED) is 0.705. The van der Waals surface area contributed by atoms with Crippen molar-refractivity contribution in [3.8, 4) is 0 Å².